The van der Waals surface area contributed by atoms with E-state index < -0.39 is 0 Å². The molecule has 1 aromatic heterocycles. The largest absolute Gasteiger partial charge is 0.361 e. The van der Waals surface area contributed by atoms with Gasteiger partial charge < -0.3 is 16.0 Å². The van der Waals surface area contributed by atoms with Crippen LogP contribution in [0.2, 0.25) is 0 Å². The Bertz CT molecular complexity index is 533. The number of aromatic amines is 1. The Hall–Kier alpha value is -1.81. The molecule has 2 aromatic rings. The minimum Gasteiger partial charge on any atom is -0.361 e. The average Bonchev–Trinajstić information content (AvgIpc) is 2.79. The third-order valence-corrected chi connectivity index (χ3v) is 3.09. The zero-order valence-corrected chi connectivity index (χ0v) is 10.6. The number of carbonyl (C=O) groups is 1. The van der Waals surface area contributed by atoms with Crippen LogP contribution in [-0.4, -0.2) is 17.4 Å². The first kappa shape index (κ1) is 12.6. The van der Waals surface area contributed by atoms with Crippen LogP contribution in [0.25, 0.3) is 10.9 Å². The molecule has 0 saturated carbocycles. The number of aromatic nitrogens is 1. The highest BCUT2D eigenvalue weighted by Gasteiger charge is 2.08. The highest BCUT2D eigenvalue weighted by atomic mass is 16.1. The third kappa shape index (κ3) is 2.90. The van der Waals surface area contributed by atoms with E-state index in [1.54, 1.807) is 0 Å². The van der Waals surface area contributed by atoms with Crippen LogP contribution in [0.5, 0.6) is 0 Å². The van der Waals surface area contributed by atoms with Gasteiger partial charge in [0.15, 0.2) is 0 Å². The smallest absolute Gasteiger partial charge is 0.220 e. The third-order valence-electron chi connectivity index (χ3n) is 3.09. The van der Waals surface area contributed by atoms with Crippen molar-refractivity contribution in [2.75, 3.05) is 6.54 Å². The van der Waals surface area contributed by atoms with Gasteiger partial charge in [-0.3, -0.25) is 4.79 Å². The number of H-pyrrole nitrogens is 1. The number of benzene rings is 1. The van der Waals surface area contributed by atoms with Gasteiger partial charge >= 0.3 is 0 Å². The van der Waals surface area contributed by atoms with Crippen molar-refractivity contribution in [1.82, 2.24) is 10.3 Å². The van der Waals surface area contributed by atoms with Crippen LogP contribution in [0.1, 0.15) is 18.9 Å². The Balaban J connectivity index is 1.96. The van der Waals surface area contributed by atoms with E-state index in [2.05, 4.69) is 16.4 Å². The van der Waals surface area contributed by atoms with E-state index in [-0.39, 0.29) is 11.8 Å². The molecule has 0 aliphatic heterocycles. The van der Waals surface area contributed by atoms with Crippen LogP contribution in [0, 0.1) is 5.92 Å². The van der Waals surface area contributed by atoms with Gasteiger partial charge in [0.1, 0.15) is 0 Å². The molecule has 0 radical (unpaired) electrons. The maximum atomic E-state index is 11.7. The van der Waals surface area contributed by atoms with Gasteiger partial charge in [0, 0.05) is 30.1 Å². The lowest BCUT2D eigenvalue weighted by Gasteiger charge is -2.08. The fraction of sp³-hybridized carbons (Fsp3) is 0.357. The van der Waals surface area contributed by atoms with Gasteiger partial charge in [-0.2, -0.15) is 0 Å². The standard InChI is InChI=1S/C14H19N3O/c1-10(7-15)6-14(18)17-9-11-8-16-13-5-3-2-4-12(11)13/h2-5,8,10,16H,6-7,9,15H2,1H3,(H,17,18). The van der Waals surface area contributed by atoms with Crippen molar-refractivity contribution in [3.05, 3.63) is 36.0 Å². The molecule has 0 fully saturated rings. The summed E-state index contributed by atoms with van der Waals surface area (Å²) in [5.41, 5.74) is 7.71. The Labute approximate surface area is 107 Å². The van der Waals surface area contributed by atoms with E-state index in [0.717, 1.165) is 16.5 Å². The number of nitrogens with two attached hydrogens (primary N) is 1. The molecule has 0 spiro atoms. The zero-order chi connectivity index (χ0) is 13.0. The molecule has 0 aliphatic carbocycles. The van der Waals surface area contributed by atoms with Crippen molar-refractivity contribution in [2.24, 2.45) is 11.7 Å². The predicted octanol–water partition coefficient (Wildman–Crippen LogP) is 1.77. The first-order valence-electron chi connectivity index (χ1n) is 6.22. The zero-order valence-electron chi connectivity index (χ0n) is 10.6. The lowest BCUT2D eigenvalue weighted by Crippen LogP contribution is -2.26. The number of hydrogen-bond acceptors (Lipinski definition) is 2. The fourth-order valence-electron chi connectivity index (χ4n) is 1.94. The van der Waals surface area contributed by atoms with Crippen molar-refractivity contribution in [3.63, 3.8) is 0 Å². The summed E-state index contributed by atoms with van der Waals surface area (Å²) in [6.07, 6.45) is 2.43. The maximum absolute atomic E-state index is 11.7. The molecule has 0 saturated heterocycles. The lowest BCUT2D eigenvalue weighted by atomic mass is 10.1. The summed E-state index contributed by atoms with van der Waals surface area (Å²) < 4.78 is 0. The average molecular weight is 245 g/mol. The molecule has 1 aromatic carbocycles. The molecular weight excluding hydrogens is 226 g/mol. The highest BCUT2D eigenvalue weighted by Crippen LogP contribution is 2.17. The van der Waals surface area contributed by atoms with Crippen LogP contribution >= 0.6 is 0 Å². The summed E-state index contributed by atoms with van der Waals surface area (Å²) in [7, 11) is 0. The van der Waals surface area contributed by atoms with E-state index >= 15 is 0 Å². The first-order valence-corrected chi connectivity index (χ1v) is 6.22. The monoisotopic (exact) mass is 245 g/mol. The minimum absolute atomic E-state index is 0.0539. The summed E-state index contributed by atoms with van der Waals surface area (Å²) in [6.45, 7) is 3.08. The van der Waals surface area contributed by atoms with Crippen molar-refractivity contribution >= 4 is 16.8 Å². The van der Waals surface area contributed by atoms with Crippen LogP contribution in [0.3, 0.4) is 0 Å². The predicted molar refractivity (Wildman–Crippen MR) is 73.0 cm³/mol. The summed E-state index contributed by atoms with van der Waals surface area (Å²) >= 11 is 0. The molecule has 4 N–H and O–H groups in total. The van der Waals surface area contributed by atoms with Gasteiger partial charge in [0.25, 0.3) is 0 Å². The molecule has 18 heavy (non-hydrogen) atoms. The van der Waals surface area contributed by atoms with E-state index in [0.29, 0.717) is 19.5 Å². The summed E-state index contributed by atoms with van der Waals surface area (Å²) in [6, 6.07) is 8.06. The number of nitrogens with one attached hydrogen (secondary N) is 2. The topological polar surface area (TPSA) is 70.9 Å². The van der Waals surface area contributed by atoms with Crippen molar-refractivity contribution in [3.8, 4) is 0 Å². The van der Waals surface area contributed by atoms with E-state index in [1.807, 2.05) is 31.3 Å². The number of carbonyl (C=O) groups excluding carboxylic acids is 1. The fourth-order valence-corrected chi connectivity index (χ4v) is 1.94. The SMILES string of the molecule is CC(CN)CC(=O)NCc1c[nH]c2ccccc12. The Morgan fingerprint density at radius 2 is 2.22 bits per heavy atom. The molecule has 1 heterocycles. The van der Waals surface area contributed by atoms with Crippen LogP contribution in [0.4, 0.5) is 0 Å². The van der Waals surface area contributed by atoms with E-state index in [9.17, 15) is 4.79 Å². The van der Waals surface area contributed by atoms with Crippen molar-refractivity contribution in [1.29, 1.82) is 0 Å². The van der Waals surface area contributed by atoms with Crippen molar-refractivity contribution < 1.29 is 4.79 Å². The summed E-state index contributed by atoms with van der Waals surface area (Å²) in [5, 5.41) is 4.09. The normalized spacial score (nSPS) is 12.6. The number of rotatable bonds is 5. The molecule has 4 heteroatoms. The van der Waals surface area contributed by atoms with Crippen molar-refractivity contribution in [2.45, 2.75) is 19.9 Å². The summed E-state index contributed by atoms with van der Waals surface area (Å²) in [4.78, 5) is 14.9. The molecule has 4 nitrogen and oxygen atoms in total. The van der Waals surface area contributed by atoms with Gasteiger partial charge in [-0.05, 0) is 24.1 Å². The maximum Gasteiger partial charge on any atom is 0.220 e. The second kappa shape index (κ2) is 5.69. The molecule has 96 valence electrons. The number of amides is 1. The van der Waals surface area contributed by atoms with Gasteiger partial charge in [0.2, 0.25) is 5.91 Å². The number of hydrogen-bond donors (Lipinski definition) is 3. The van der Waals surface area contributed by atoms with Gasteiger partial charge in [-0.15, -0.1) is 0 Å². The minimum atomic E-state index is 0.0539. The Morgan fingerprint density at radius 3 is 3.00 bits per heavy atom. The first-order chi connectivity index (χ1) is 8.70. The van der Waals surface area contributed by atoms with E-state index in [4.69, 9.17) is 5.73 Å². The van der Waals surface area contributed by atoms with Crippen LogP contribution < -0.4 is 11.1 Å². The molecule has 1 amide bonds. The summed E-state index contributed by atoms with van der Waals surface area (Å²) in [5.74, 6) is 0.284. The second-order valence-electron chi connectivity index (χ2n) is 4.68. The van der Waals surface area contributed by atoms with Gasteiger partial charge in [-0.1, -0.05) is 25.1 Å². The highest BCUT2D eigenvalue weighted by molar-refractivity contribution is 5.84. The van der Waals surface area contributed by atoms with Crippen LogP contribution in [-0.2, 0) is 11.3 Å². The Morgan fingerprint density at radius 1 is 1.44 bits per heavy atom. The number of fused-ring (bicyclic) bond motifs is 1. The molecule has 2 rings (SSSR count). The molecule has 1 unspecified atom stereocenters. The van der Waals surface area contributed by atoms with E-state index in [1.165, 1.54) is 0 Å². The van der Waals surface area contributed by atoms with Gasteiger partial charge in [0.05, 0.1) is 0 Å². The molecule has 0 aliphatic rings. The lowest BCUT2D eigenvalue weighted by molar-refractivity contribution is -0.122. The quantitative estimate of drug-likeness (QED) is 0.751. The second-order valence-corrected chi connectivity index (χ2v) is 4.68. The van der Waals surface area contributed by atoms with Crippen LogP contribution in [0.15, 0.2) is 30.5 Å². The molecule has 0 bridgehead atoms. The molecular formula is C14H19N3O. The van der Waals surface area contributed by atoms with Gasteiger partial charge in [-0.25, -0.2) is 0 Å². The Kier molecular flexibility index (Phi) is 3.99. The number of para-hydroxylation sites is 1. The molecule has 1 atom stereocenters.